The summed E-state index contributed by atoms with van der Waals surface area (Å²) in [5, 5.41) is 0. The van der Waals surface area contributed by atoms with Crippen molar-refractivity contribution < 1.29 is 9.53 Å². The van der Waals surface area contributed by atoms with Crippen LogP contribution in [0.2, 0.25) is 0 Å². The molecule has 0 aromatic carbocycles. The molecule has 0 aromatic rings. The summed E-state index contributed by atoms with van der Waals surface area (Å²) in [6.45, 7) is 9.10. The Kier molecular flexibility index (Phi) is 1.25. The number of ether oxygens (including phenoxy) is 1. The maximum atomic E-state index is 12.1. The molecule has 1 saturated carbocycles. The fourth-order valence-corrected chi connectivity index (χ4v) is 3.54. The summed E-state index contributed by atoms with van der Waals surface area (Å²) in [5.74, 6) is 1.12. The first-order chi connectivity index (χ1) is 6.37. The topological polar surface area (TPSA) is 29.5 Å². The van der Waals surface area contributed by atoms with E-state index in [1.54, 1.807) is 0 Å². The number of carbonyl (C=O) groups excluding carboxylic acids is 1. The highest BCUT2D eigenvalue weighted by Gasteiger charge is 2.74. The van der Waals surface area contributed by atoms with E-state index < -0.39 is 0 Å². The van der Waals surface area contributed by atoms with E-state index in [0.717, 1.165) is 6.61 Å². The molecule has 14 heavy (non-hydrogen) atoms. The van der Waals surface area contributed by atoms with Crippen molar-refractivity contribution in [3.8, 4) is 0 Å². The van der Waals surface area contributed by atoms with Gasteiger partial charge in [-0.2, -0.15) is 0 Å². The number of carbonyl (C=O) groups is 1. The molecule has 0 aromatic heterocycles. The quantitative estimate of drug-likeness (QED) is 0.582. The second-order valence-corrected chi connectivity index (χ2v) is 5.86. The van der Waals surface area contributed by atoms with Crippen molar-refractivity contribution in [2.75, 3.05) is 6.61 Å². The third kappa shape index (κ3) is 0.724. The van der Waals surface area contributed by atoms with E-state index in [2.05, 4.69) is 13.8 Å². The lowest BCUT2D eigenvalue weighted by Crippen LogP contribution is -2.47. The van der Waals surface area contributed by atoms with Gasteiger partial charge in [0.15, 0.2) is 0 Å². The van der Waals surface area contributed by atoms with Gasteiger partial charge in [-0.1, -0.05) is 13.8 Å². The molecule has 0 unspecified atom stereocenters. The zero-order valence-electron chi connectivity index (χ0n) is 9.20. The monoisotopic (exact) mass is 195 g/mol. The maximum Gasteiger partial charge on any atom is 0.229 e. The number of fused-ring (bicyclic) bond motifs is 3. The van der Waals surface area contributed by atoms with E-state index in [9.17, 15) is 4.79 Å². The molecule has 0 N–H and O–H groups in total. The Bertz CT molecular complexity index is 321. The number of hydrogen-bond donors (Lipinski definition) is 0. The van der Waals surface area contributed by atoms with Gasteiger partial charge >= 0.3 is 0 Å². The second kappa shape index (κ2) is 2.01. The van der Waals surface area contributed by atoms with Gasteiger partial charge in [0.25, 0.3) is 0 Å². The number of piperidine rings is 1. The third-order valence-electron chi connectivity index (χ3n) is 4.35. The van der Waals surface area contributed by atoms with Crippen LogP contribution in [0.1, 0.15) is 27.7 Å². The molecule has 78 valence electrons. The lowest BCUT2D eigenvalue weighted by Gasteiger charge is -2.32. The van der Waals surface area contributed by atoms with Gasteiger partial charge in [-0.25, -0.2) is 0 Å². The van der Waals surface area contributed by atoms with Crippen LogP contribution in [0, 0.1) is 17.3 Å². The average molecular weight is 195 g/mol. The fourth-order valence-electron chi connectivity index (χ4n) is 3.54. The van der Waals surface area contributed by atoms with Crippen molar-refractivity contribution in [2.45, 2.75) is 39.5 Å². The Morgan fingerprint density at radius 2 is 2.00 bits per heavy atom. The molecule has 1 aliphatic carbocycles. The summed E-state index contributed by atoms with van der Waals surface area (Å²) in [5.41, 5.74) is -0.146. The molecule has 3 atom stereocenters. The molecule has 1 amide bonds. The summed E-state index contributed by atoms with van der Waals surface area (Å²) in [4.78, 5) is 14.1. The Morgan fingerprint density at radius 1 is 1.36 bits per heavy atom. The van der Waals surface area contributed by atoms with Crippen LogP contribution in [0.15, 0.2) is 0 Å². The molecule has 3 heteroatoms. The first-order valence-corrected chi connectivity index (χ1v) is 5.34. The normalized spacial score (nSPS) is 46.4. The van der Waals surface area contributed by atoms with Gasteiger partial charge in [0.05, 0.1) is 12.6 Å². The van der Waals surface area contributed by atoms with Gasteiger partial charge in [-0.3, -0.25) is 4.79 Å². The predicted molar refractivity (Wildman–Crippen MR) is 51.4 cm³/mol. The molecule has 3 fully saturated rings. The van der Waals surface area contributed by atoms with Crippen molar-refractivity contribution in [1.29, 1.82) is 0 Å². The highest BCUT2D eigenvalue weighted by atomic mass is 16.5. The average Bonchev–Trinajstić information content (AvgIpc) is 2.38. The van der Waals surface area contributed by atoms with Crippen molar-refractivity contribution in [3.05, 3.63) is 0 Å². The minimum Gasteiger partial charge on any atom is -0.354 e. The lowest BCUT2D eigenvalue weighted by atomic mass is 10.0. The van der Waals surface area contributed by atoms with Crippen molar-refractivity contribution >= 4 is 5.91 Å². The molecule has 2 saturated heterocycles. The number of hydrogen-bond acceptors (Lipinski definition) is 2. The molecule has 3 aliphatic rings. The standard InChI is InChI=1S/C11H17NO2/c1-10(2)7-6-5-14-11(3,4)12(6)9(13)8(7)10/h6-8H,5H2,1-4H3/t6-,7-,8-/m1/s1. The summed E-state index contributed by atoms with van der Waals surface area (Å²) >= 11 is 0. The molecule has 0 spiro atoms. The molecule has 2 aliphatic heterocycles. The number of rotatable bonds is 0. The van der Waals surface area contributed by atoms with Gasteiger partial charge in [0.2, 0.25) is 5.91 Å². The van der Waals surface area contributed by atoms with Crippen LogP contribution in [0.4, 0.5) is 0 Å². The molecule has 0 bridgehead atoms. The van der Waals surface area contributed by atoms with E-state index in [-0.39, 0.29) is 17.1 Å². The van der Waals surface area contributed by atoms with Gasteiger partial charge < -0.3 is 9.64 Å². The van der Waals surface area contributed by atoms with Gasteiger partial charge in [-0.05, 0) is 25.2 Å². The first-order valence-electron chi connectivity index (χ1n) is 5.34. The van der Waals surface area contributed by atoms with Crippen LogP contribution >= 0.6 is 0 Å². The minimum atomic E-state index is -0.370. The van der Waals surface area contributed by atoms with Crippen LogP contribution < -0.4 is 0 Å². The molecule has 3 rings (SSSR count). The van der Waals surface area contributed by atoms with Gasteiger partial charge in [0, 0.05) is 5.92 Å². The van der Waals surface area contributed by atoms with E-state index in [1.807, 2.05) is 18.7 Å². The van der Waals surface area contributed by atoms with Crippen molar-refractivity contribution in [3.63, 3.8) is 0 Å². The van der Waals surface area contributed by atoms with Crippen LogP contribution in [0.3, 0.4) is 0 Å². The van der Waals surface area contributed by atoms with Gasteiger partial charge in [-0.15, -0.1) is 0 Å². The van der Waals surface area contributed by atoms with E-state index in [1.165, 1.54) is 0 Å². The van der Waals surface area contributed by atoms with Crippen LogP contribution in [0.25, 0.3) is 0 Å². The zero-order chi connectivity index (χ0) is 10.3. The second-order valence-electron chi connectivity index (χ2n) is 5.86. The van der Waals surface area contributed by atoms with Crippen LogP contribution in [-0.4, -0.2) is 29.2 Å². The Labute approximate surface area is 84.4 Å². The molecule has 3 nitrogen and oxygen atoms in total. The van der Waals surface area contributed by atoms with E-state index in [0.29, 0.717) is 17.9 Å². The summed E-state index contributed by atoms with van der Waals surface area (Å²) in [6, 6.07) is 0.345. The highest BCUT2D eigenvalue weighted by molar-refractivity contribution is 5.88. The first kappa shape index (κ1) is 8.72. The molecule has 2 heterocycles. The minimum absolute atomic E-state index is 0.224. The van der Waals surface area contributed by atoms with Crippen LogP contribution in [-0.2, 0) is 9.53 Å². The molecular weight excluding hydrogens is 178 g/mol. The Hall–Kier alpha value is -0.570. The molecular formula is C11H17NO2. The molecule has 0 radical (unpaired) electrons. The third-order valence-corrected chi connectivity index (χ3v) is 4.35. The summed E-state index contributed by atoms with van der Waals surface area (Å²) in [7, 11) is 0. The van der Waals surface area contributed by atoms with Crippen molar-refractivity contribution in [1.82, 2.24) is 4.90 Å². The SMILES string of the molecule is CC1(C)[C@@H]2[C@H]3COC(C)(C)N3C(=O)[C@@H]21. The number of amides is 1. The Balaban J connectivity index is 1.97. The lowest BCUT2D eigenvalue weighted by molar-refractivity contribution is -0.145. The number of nitrogens with zero attached hydrogens (tertiary/aromatic N) is 1. The smallest absolute Gasteiger partial charge is 0.229 e. The maximum absolute atomic E-state index is 12.1. The fraction of sp³-hybridized carbons (Fsp3) is 0.909. The largest absolute Gasteiger partial charge is 0.354 e. The van der Waals surface area contributed by atoms with Gasteiger partial charge in [0.1, 0.15) is 5.72 Å². The summed E-state index contributed by atoms with van der Waals surface area (Å²) in [6.07, 6.45) is 0. The summed E-state index contributed by atoms with van der Waals surface area (Å²) < 4.78 is 5.67. The Morgan fingerprint density at radius 3 is 2.64 bits per heavy atom. The predicted octanol–water partition coefficient (Wildman–Crippen LogP) is 1.24. The van der Waals surface area contributed by atoms with Crippen LogP contribution in [0.5, 0.6) is 0 Å². The zero-order valence-corrected chi connectivity index (χ0v) is 9.20. The van der Waals surface area contributed by atoms with Crippen molar-refractivity contribution in [2.24, 2.45) is 17.3 Å². The van der Waals surface area contributed by atoms with E-state index >= 15 is 0 Å². The van der Waals surface area contributed by atoms with E-state index in [4.69, 9.17) is 4.74 Å². The highest BCUT2D eigenvalue weighted by Crippen LogP contribution is 2.67.